The number of hydrogen-bond acceptors (Lipinski definition) is 0. The van der Waals surface area contributed by atoms with Crippen LogP contribution in [0.2, 0.25) is 0 Å². The summed E-state index contributed by atoms with van der Waals surface area (Å²) in [4.78, 5) is 0. The summed E-state index contributed by atoms with van der Waals surface area (Å²) in [6.45, 7) is 0. The van der Waals surface area contributed by atoms with Crippen LogP contribution in [0.3, 0.4) is 0 Å². The number of allylic oxidation sites excluding steroid dienone is 2. The third kappa shape index (κ3) is 0.839. The van der Waals surface area contributed by atoms with E-state index in [0.717, 1.165) is 0 Å². The fourth-order valence-corrected chi connectivity index (χ4v) is 2.64. The maximum absolute atomic E-state index is 2.34. The van der Waals surface area contributed by atoms with Crippen molar-refractivity contribution >= 4 is 22.9 Å². The van der Waals surface area contributed by atoms with Gasteiger partial charge in [0.05, 0.1) is 0 Å². The maximum atomic E-state index is 2.34. The first-order chi connectivity index (χ1) is 2.50. The first kappa shape index (κ1) is 3.54. The summed E-state index contributed by atoms with van der Waals surface area (Å²) < 4.78 is 4.67. The predicted molar refractivity (Wildman–Crippen MR) is 25.4 cm³/mol. The van der Waals surface area contributed by atoms with Crippen LogP contribution in [-0.2, 0) is 0 Å². The van der Waals surface area contributed by atoms with E-state index in [1.54, 1.807) is 0 Å². The van der Waals surface area contributed by atoms with Gasteiger partial charge < -0.3 is 0 Å². The molecule has 0 atom stereocenters. The summed E-state index contributed by atoms with van der Waals surface area (Å²) in [5.74, 6) is 0. The molecule has 1 aliphatic heterocycles. The summed E-state index contributed by atoms with van der Waals surface area (Å²) in [6, 6.07) is 0. The molecule has 0 saturated heterocycles. The Kier molecular flexibility index (Phi) is 1.21. The van der Waals surface area contributed by atoms with E-state index >= 15 is 0 Å². The summed E-state index contributed by atoms with van der Waals surface area (Å²) in [5.41, 5.74) is 0. The van der Waals surface area contributed by atoms with Crippen LogP contribution in [0.15, 0.2) is 19.8 Å². The van der Waals surface area contributed by atoms with Gasteiger partial charge in [0.25, 0.3) is 0 Å². The molecule has 24 valence electrons. The number of rotatable bonds is 0. The normalized spacial score (nSPS) is 16.0. The molecule has 0 spiro atoms. The van der Waals surface area contributed by atoms with E-state index in [-0.39, 0.29) is 22.9 Å². The molecule has 0 nitrogen and oxygen atoms in total. The molecule has 0 N–H and O–H groups in total. The average Bonchev–Trinajstić information content (AvgIpc) is 1.76. The van der Waals surface area contributed by atoms with Crippen LogP contribution in [0.5, 0.6) is 0 Å². The van der Waals surface area contributed by atoms with Gasteiger partial charge >= 0.3 is 42.7 Å². The van der Waals surface area contributed by atoms with Gasteiger partial charge in [-0.05, 0) is 0 Å². The summed E-state index contributed by atoms with van der Waals surface area (Å²) >= 11 is -0.308. The molecular weight excluding hydrogens is 163 g/mol. The molecule has 0 saturated carbocycles. The average molecular weight is 168 g/mol. The van der Waals surface area contributed by atoms with Crippen molar-refractivity contribution in [3.05, 3.63) is 19.8 Å². The minimum absolute atomic E-state index is 0.308. The van der Waals surface area contributed by atoms with E-state index in [1.165, 1.54) is 0 Å². The van der Waals surface area contributed by atoms with Crippen LogP contribution in [0.1, 0.15) is 0 Å². The second-order valence-electron chi connectivity index (χ2n) is 1.09. The van der Waals surface area contributed by atoms with E-state index in [0.29, 0.717) is 0 Å². The third-order valence-electron chi connectivity index (χ3n) is 0.655. The van der Waals surface area contributed by atoms with Crippen LogP contribution in [0, 0.1) is 0 Å². The first-order valence-corrected chi connectivity index (χ1v) is 6.48. The van der Waals surface area contributed by atoms with Crippen molar-refractivity contribution < 1.29 is 0 Å². The third-order valence-corrected chi connectivity index (χ3v) is 3.76. The van der Waals surface area contributed by atoms with Gasteiger partial charge in [0.2, 0.25) is 0 Å². The Morgan fingerprint density at radius 2 is 1.60 bits per heavy atom. The van der Waals surface area contributed by atoms with Crippen LogP contribution in [-0.4, -0.2) is 22.9 Å². The topological polar surface area (TPSA) is 0 Å². The van der Waals surface area contributed by atoms with Gasteiger partial charge in [-0.3, -0.25) is 0 Å². The van der Waals surface area contributed by atoms with Crippen molar-refractivity contribution in [1.82, 2.24) is 0 Å². The zero-order valence-electron chi connectivity index (χ0n) is 3.02. The zero-order chi connectivity index (χ0) is 3.54. The van der Waals surface area contributed by atoms with E-state index in [4.69, 9.17) is 0 Å². The van der Waals surface area contributed by atoms with Crippen molar-refractivity contribution in [2.45, 2.75) is 0 Å². The standard InChI is InChI=1S/C4H4.In.H/c1-3-4-2;;/h1-4H;;. The Morgan fingerprint density at radius 1 is 1.00 bits per heavy atom. The minimum atomic E-state index is -0.308. The van der Waals surface area contributed by atoms with E-state index in [2.05, 4.69) is 19.8 Å². The second kappa shape index (κ2) is 1.71. The molecule has 1 heterocycles. The van der Waals surface area contributed by atoms with Gasteiger partial charge in [0.15, 0.2) is 0 Å². The van der Waals surface area contributed by atoms with Crippen molar-refractivity contribution in [1.29, 1.82) is 0 Å². The molecule has 0 aliphatic carbocycles. The quantitative estimate of drug-likeness (QED) is 0.492. The monoisotopic (exact) mass is 168 g/mol. The molecule has 1 aliphatic rings. The number of hydrogen-bond donors (Lipinski definition) is 0. The van der Waals surface area contributed by atoms with Gasteiger partial charge in [-0.15, -0.1) is 0 Å². The van der Waals surface area contributed by atoms with Crippen molar-refractivity contribution in [3.63, 3.8) is 0 Å². The molecule has 0 aromatic carbocycles. The van der Waals surface area contributed by atoms with E-state index in [9.17, 15) is 0 Å². The summed E-state index contributed by atoms with van der Waals surface area (Å²) in [7, 11) is 0. The molecule has 0 unspecified atom stereocenters. The van der Waals surface area contributed by atoms with Crippen LogP contribution < -0.4 is 0 Å². The zero-order valence-corrected chi connectivity index (χ0v) is 7.05. The van der Waals surface area contributed by atoms with Crippen LogP contribution in [0.25, 0.3) is 0 Å². The van der Waals surface area contributed by atoms with Crippen molar-refractivity contribution in [3.8, 4) is 0 Å². The first-order valence-electron chi connectivity index (χ1n) is 1.82. The molecule has 5 heavy (non-hydrogen) atoms. The molecule has 1 rings (SSSR count). The summed E-state index contributed by atoms with van der Waals surface area (Å²) in [6.07, 6.45) is 4.30. The Hall–Kier alpha value is 0.350. The van der Waals surface area contributed by atoms with Crippen molar-refractivity contribution in [2.24, 2.45) is 0 Å². The van der Waals surface area contributed by atoms with Gasteiger partial charge in [-0.2, -0.15) is 0 Å². The Labute approximate surface area is 42.9 Å². The molecule has 0 aromatic heterocycles. The Bertz CT molecular complexity index is 61.7. The summed E-state index contributed by atoms with van der Waals surface area (Å²) in [5, 5.41) is 0. The van der Waals surface area contributed by atoms with Crippen LogP contribution >= 0.6 is 0 Å². The molecular formula is C4H5In. The Balaban J connectivity index is 2.61. The molecule has 0 aromatic rings. The SMILES string of the molecule is C1=[CH][InH][CH]=C1. The second-order valence-corrected chi connectivity index (χ2v) is 5.13. The van der Waals surface area contributed by atoms with E-state index in [1.807, 2.05) is 0 Å². The van der Waals surface area contributed by atoms with Gasteiger partial charge in [0.1, 0.15) is 0 Å². The fourth-order valence-electron chi connectivity index (χ4n) is 0.393. The molecule has 0 radical (unpaired) electrons. The molecule has 0 bridgehead atoms. The predicted octanol–water partition coefficient (Wildman–Crippen LogP) is 0.464. The fraction of sp³-hybridized carbons (Fsp3) is 0. The van der Waals surface area contributed by atoms with Gasteiger partial charge in [0, 0.05) is 0 Å². The van der Waals surface area contributed by atoms with E-state index < -0.39 is 0 Å². The molecule has 0 amide bonds. The Morgan fingerprint density at radius 3 is 1.80 bits per heavy atom. The van der Waals surface area contributed by atoms with Gasteiger partial charge in [-0.25, -0.2) is 0 Å². The van der Waals surface area contributed by atoms with Gasteiger partial charge in [-0.1, -0.05) is 0 Å². The molecule has 1 heteroatoms. The van der Waals surface area contributed by atoms with Crippen molar-refractivity contribution in [2.75, 3.05) is 0 Å². The molecule has 0 fully saturated rings. The van der Waals surface area contributed by atoms with Crippen LogP contribution in [0.4, 0.5) is 0 Å².